The highest BCUT2D eigenvalue weighted by Crippen LogP contribution is 2.33. The quantitative estimate of drug-likeness (QED) is 0.796. The molecule has 1 atom stereocenters. The number of aliphatic carboxylic acids is 1. The van der Waals surface area contributed by atoms with Gasteiger partial charge in [0.1, 0.15) is 0 Å². The highest BCUT2D eigenvalue weighted by molar-refractivity contribution is 6.05. The highest BCUT2D eigenvalue weighted by atomic mass is 16.4. The monoisotopic (exact) mass is 286 g/mol. The predicted octanol–water partition coefficient (Wildman–Crippen LogP) is 0.648. The van der Waals surface area contributed by atoms with Gasteiger partial charge in [0.25, 0.3) is 0 Å². The van der Waals surface area contributed by atoms with E-state index in [-0.39, 0.29) is 17.3 Å². The van der Waals surface area contributed by atoms with Crippen LogP contribution in [0.15, 0.2) is 41.6 Å². The summed E-state index contributed by atoms with van der Waals surface area (Å²) in [6.45, 7) is 3.35. The summed E-state index contributed by atoms with van der Waals surface area (Å²) in [5, 5.41) is 10.8. The summed E-state index contributed by atoms with van der Waals surface area (Å²) >= 11 is 0. The number of amides is 1. The van der Waals surface area contributed by atoms with Crippen molar-refractivity contribution < 1.29 is 19.5 Å². The van der Waals surface area contributed by atoms with E-state index in [4.69, 9.17) is 0 Å². The van der Waals surface area contributed by atoms with E-state index in [2.05, 4.69) is 0 Å². The third kappa shape index (κ3) is 3.02. The topological polar surface area (TPSA) is 77.5 Å². The zero-order valence-electron chi connectivity index (χ0n) is 12.0. The maximum Gasteiger partial charge on any atom is 0.235 e. The van der Waals surface area contributed by atoms with Crippen molar-refractivity contribution in [1.82, 2.24) is 4.90 Å². The van der Waals surface area contributed by atoms with Gasteiger partial charge in [0.05, 0.1) is 12.5 Å². The smallest absolute Gasteiger partial charge is 0.235 e. The lowest BCUT2D eigenvalue weighted by atomic mass is 9.94. The van der Waals surface area contributed by atoms with Crippen LogP contribution in [0.3, 0.4) is 0 Å². The van der Waals surface area contributed by atoms with E-state index in [9.17, 15) is 19.5 Å². The van der Waals surface area contributed by atoms with E-state index in [1.165, 1.54) is 11.8 Å². The summed E-state index contributed by atoms with van der Waals surface area (Å²) in [5.74, 6) is -2.90. The summed E-state index contributed by atoms with van der Waals surface area (Å²) in [4.78, 5) is 36.5. The maximum absolute atomic E-state index is 12.4. The molecule has 0 radical (unpaired) electrons. The number of carbonyl (C=O) groups is 3. The standard InChI is InChI=1S/C16H17NO4/c1-10-15(11(2)18)13(8-14(19)20)16(21)17(10)9-12-6-4-3-5-7-12/h3-7,13H,8-9H2,1-2H3,(H,19,20)/p-1/t13-/m1/s1. The van der Waals surface area contributed by atoms with Crippen molar-refractivity contribution in [3.05, 3.63) is 47.2 Å². The number of hydrogen-bond donors (Lipinski definition) is 0. The molecule has 110 valence electrons. The van der Waals surface area contributed by atoms with Crippen LogP contribution in [-0.4, -0.2) is 22.6 Å². The minimum absolute atomic E-state index is 0.275. The number of carboxylic acid groups (broad SMARTS) is 1. The molecule has 1 aliphatic heterocycles. The lowest BCUT2D eigenvalue weighted by Crippen LogP contribution is -2.33. The molecule has 0 aromatic heterocycles. The van der Waals surface area contributed by atoms with Crippen LogP contribution in [0, 0.1) is 5.92 Å². The van der Waals surface area contributed by atoms with E-state index in [0.717, 1.165) is 5.56 Å². The van der Waals surface area contributed by atoms with Gasteiger partial charge < -0.3 is 14.8 Å². The molecule has 21 heavy (non-hydrogen) atoms. The first-order chi connectivity index (χ1) is 9.91. The van der Waals surface area contributed by atoms with E-state index < -0.39 is 18.3 Å². The largest absolute Gasteiger partial charge is 0.550 e. The molecule has 0 fully saturated rings. The zero-order valence-corrected chi connectivity index (χ0v) is 12.0. The Bertz CT molecular complexity index is 618. The minimum Gasteiger partial charge on any atom is -0.550 e. The van der Waals surface area contributed by atoms with Crippen molar-refractivity contribution in [2.45, 2.75) is 26.8 Å². The van der Waals surface area contributed by atoms with Crippen molar-refractivity contribution in [2.24, 2.45) is 5.92 Å². The lowest BCUT2D eigenvalue weighted by molar-refractivity contribution is -0.306. The molecule has 0 spiro atoms. The average molecular weight is 286 g/mol. The molecule has 0 aliphatic carbocycles. The van der Waals surface area contributed by atoms with Crippen LogP contribution in [0.1, 0.15) is 25.8 Å². The van der Waals surface area contributed by atoms with Gasteiger partial charge in [-0.3, -0.25) is 9.59 Å². The first-order valence-electron chi connectivity index (χ1n) is 6.68. The van der Waals surface area contributed by atoms with E-state index in [1.807, 2.05) is 30.3 Å². The van der Waals surface area contributed by atoms with E-state index >= 15 is 0 Å². The van der Waals surface area contributed by atoms with E-state index in [0.29, 0.717) is 12.2 Å². The van der Waals surface area contributed by atoms with Crippen molar-refractivity contribution in [2.75, 3.05) is 0 Å². The Morgan fingerprint density at radius 3 is 2.38 bits per heavy atom. The first-order valence-corrected chi connectivity index (χ1v) is 6.68. The summed E-state index contributed by atoms with van der Waals surface area (Å²) < 4.78 is 0. The molecule has 1 aromatic carbocycles. The third-order valence-corrected chi connectivity index (χ3v) is 3.64. The molecule has 0 unspecified atom stereocenters. The molecule has 0 saturated carbocycles. The van der Waals surface area contributed by atoms with Gasteiger partial charge in [0.15, 0.2) is 5.78 Å². The Hall–Kier alpha value is -2.43. The number of ketones is 1. The Kier molecular flexibility index (Phi) is 4.21. The Morgan fingerprint density at radius 2 is 1.86 bits per heavy atom. The number of Topliss-reactive ketones (excluding diaryl/α,β-unsaturated/α-hetero) is 1. The fourth-order valence-corrected chi connectivity index (χ4v) is 2.69. The average Bonchev–Trinajstić information content (AvgIpc) is 2.64. The molecule has 5 heteroatoms. The number of carboxylic acids is 1. The van der Waals surface area contributed by atoms with Crippen molar-refractivity contribution >= 4 is 17.7 Å². The van der Waals surface area contributed by atoms with Gasteiger partial charge in [-0.2, -0.15) is 0 Å². The van der Waals surface area contributed by atoms with Gasteiger partial charge in [-0.25, -0.2) is 0 Å². The molecule has 0 bridgehead atoms. The molecule has 5 nitrogen and oxygen atoms in total. The second-order valence-corrected chi connectivity index (χ2v) is 5.09. The molecular formula is C16H16NO4-. The van der Waals surface area contributed by atoms with Gasteiger partial charge in [-0.05, 0) is 19.4 Å². The highest BCUT2D eigenvalue weighted by Gasteiger charge is 2.39. The Morgan fingerprint density at radius 1 is 1.24 bits per heavy atom. The Labute approximate surface area is 122 Å². The normalized spacial score (nSPS) is 18.3. The summed E-state index contributed by atoms with van der Waals surface area (Å²) in [6, 6.07) is 9.34. The number of benzene rings is 1. The number of carbonyl (C=O) groups excluding carboxylic acids is 3. The SMILES string of the molecule is CC(=O)C1=C(C)N(Cc2ccccc2)C(=O)[C@@H]1CC(=O)[O-]. The zero-order chi connectivity index (χ0) is 15.6. The molecule has 1 aromatic rings. The lowest BCUT2D eigenvalue weighted by Gasteiger charge is -2.19. The third-order valence-electron chi connectivity index (χ3n) is 3.64. The van der Waals surface area contributed by atoms with Crippen molar-refractivity contribution in [3.8, 4) is 0 Å². The number of hydrogen-bond acceptors (Lipinski definition) is 4. The number of rotatable bonds is 5. The molecule has 1 amide bonds. The molecule has 1 heterocycles. The van der Waals surface area contributed by atoms with Crippen LogP contribution in [-0.2, 0) is 20.9 Å². The van der Waals surface area contributed by atoms with Crippen LogP contribution in [0.2, 0.25) is 0 Å². The second kappa shape index (κ2) is 5.91. The minimum atomic E-state index is -1.33. The molecule has 0 saturated heterocycles. The van der Waals surface area contributed by atoms with E-state index in [1.54, 1.807) is 6.92 Å². The van der Waals surface area contributed by atoms with Crippen LogP contribution in [0.5, 0.6) is 0 Å². The van der Waals surface area contributed by atoms with Crippen molar-refractivity contribution in [3.63, 3.8) is 0 Å². The van der Waals surface area contributed by atoms with Gasteiger partial charge in [0.2, 0.25) is 5.91 Å². The molecular weight excluding hydrogens is 270 g/mol. The molecule has 0 N–H and O–H groups in total. The summed E-state index contributed by atoms with van der Waals surface area (Å²) in [6.07, 6.45) is -0.462. The second-order valence-electron chi connectivity index (χ2n) is 5.09. The summed E-state index contributed by atoms with van der Waals surface area (Å²) in [7, 11) is 0. The number of allylic oxidation sites excluding steroid dienone is 1. The fraction of sp³-hybridized carbons (Fsp3) is 0.312. The van der Waals surface area contributed by atoms with Crippen LogP contribution >= 0.6 is 0 Å². The van der Waals surface area contributed by atoms with Gasteiger partial charge in [-0.1, -0.05) is 30.3 Å². The van der Waals surface area contributed by atoms with Gasteiger partial charge in [0, 0.05) is 23.7 Å². The van der Waals surface area contributed by atoms with Crippen LogP contribution < -0.4 is 5.11 Å². The first kappa shape index (κ1) is 15.0. The fourth-order valence-electron chi connectivity index (χ4n) is 2.69. The van der Waals surface area contributed by atoms with Gasteiger partial charge >= 0.3 is 0 Å². The number of nitrogens with zero attached hydrogens (tertiary/aromatic N) is 1. The summed E-state index contributed by atoms with van der Waals surface area (Å²) in [5.41, 5.74) is 1.73. The predicted molar refractivity (Wildman–Crippen MR) is 73.5 cm³/mol. The van der Waals surface area contributed by atoms with Crippen LogP contribution in [0.4, 0.5) is 0 Å². The van der Waals surface area contributed by atoms with Gasteiger partial charge in [-0.15, -0.1) is 0 Å². The molecule has 1 aliphatic rings. The Balaban J connectivity index is 2.32. The maximum atomic E-state index is 12.4. The van der Waals surface area contributed by atoms with Crippen molar-refractivity contribution in [1.29, 1.82) is 0 Å². The van der Waals surface area contributed by atoms with Crippen LogP contribution in [0.25, 0.3) is 0 Å². The molecule has 2 rings (SSSR count).